The number of likely N-dealkylation sites (tertiary alicyclic amines) is 1. The van der Waals surface area contributed by atoms with E-state index in [-0.39, 0.29) is 5.12 Å². The van der Waals surface area contributed by atoms with Gasteiger partial charge in [0.2, 0.25) is 0 Å². The average Bonchev–Trinajstić information content (AvgIpc) is 2.01. The summed E-state index contributed by atoms with van der Waals surface area (Å²) in [6, 6.07) is 0. The SMILES string of the molecule is CC(=O)S.CCCC1(CCC)CN(C)C1. The second-order valence-electron chi connectivity index (χ2n) is 4.69. The summed E-state index contributed by atoms with van der Waals surface area (Å²) in [5.41, 5.74) is 0.720. The van der Waals surface area contributed by atoms with Gasteiger partial charge in [-0.3, -0.25) is 4.79 Å². The third-order valence-corrected chi connectivity index (χ3v) is 2.77. The van der Waals surface area contributed by atoms with E-state index in [0.29, 0.717) is 0 Å². The highest BCUT2D eigenvalue weighted by molar-refractivity contribution is 7.96. The van der Waals surface area contributed by atoms with Crippen LogP contribution in [0.25, 0.3) is 0 Å². The monoisotopic (exact) mass is 231 g/mol. The summed E-state index contributed by atoms with van der Waals surface area (Å²) in [6.45, 7) is 8.68. The molecular formula is C12H25NOS. The second kappa shape index (κ2) is 7.29. The van der Waals surface area contributed by atoms with Crippen LogP contribution in [0.3, 0.4) is 0 Å². The third kappa shape index (κ3) is 6.21. The second-order valence-corrected chi connectivity index (χ2v) is 5.32. The zero-order valence-electron chi connectivity index (χ0n) is 10.5. The third-order valence-electron chi connectivity index (χ3n) is 2.77. The smallest absolute Gasteiger partial charge is 0.182 e. The molecule has 3 heteroatoms. The van der Waals surface area contributed by atoms with Gasteiger partial charge in [-0.2, -0.15) is 0 Å². The Morgan fingerprint density at radius 1 is 1.27 bits per heavy atom. The van der Waals surface area contributed by atoms with Crippen LogP contribution < -0.4 is 0 Å². The van der Waals surface area contributed by atoms with Crippen molar-refractivity contribution in [1.82, 2.24) is 4.90 Å². The topological polar surface area (TPSA) is 20.3 Å². The lowest BCUT2D eigenvalue weighted by atomic mass is 9.73. The largest absolute Gasteiger partial charge is 0.305 e. The van der Waals surface area contributed by atoms with E-state index in [0.717, 1.165) is 5.41 Å². The Hall–Kier alpha value is -0.0200. The number of carbonyl (C=O) groups is 1. The highest BCUT2D eigenvalue weighted by Crippen LogP contribution is 2.38. The summed E-state index contributed by atoms with van der Waals surface area (Å²) < 4.78 is 0. The van der Waals surface area contributed by atoms with Crippen molar-refractivity contribution in [3.8, 4) is 0 Å². The molecule has 90 valence electrons. The molecule has 1 fully saturated rings. The lowest BCUT2D eigenvalue weighted by molar-refractivity contribution is -0.108. The molecule has 0 aliphatic carbocycles. The van der Waals surface area contributed by atoms with E-state index in [1.807, 2.05) is 0 Å². The van der Waals surface area contributed by atoms with Crippen molar-refractivity contribution in [2.24, 2.45) is 5.41 Å². The summed E-state index contributed by atoms with van der Waals surface area (Å²) in [5, 5.41) is -0.139. The normalized spacial score (nSPS) is 18.7. The van der Waals surface area contributed by atoms with Gasteiger partial charge in [0.1, 0.15) is 0 Å². The van der Waals surface area contributed by atoms with Crippen molar-refractivity contribution >= 4 is 17.7 Å². The molecule has 0 atom stereocenters. The van der Waals surface area contributed by atoms with Gasteiger partial charge >= 0.3 is 0 Å². The van der Waals surface area contributed by atoms with Crippen molar-refractivity contribution in [3.63, 3.8) is 0 Å². The lowest BCUT2D eigenvalue weighted by Crippen LogP contribution is -2.53. The van der Waals surface area contributed by atoms with Crippen LogP contribution in [0.15, 0.2) is 0 Å². The Bertz CT molecular complexity index is 169. The molecule has 0 aromatic carbocycles. The molecule has 0 spiro atoms. The van der Waals surface area contributed by atoms with Crippen LogP contribution in [0.4, 0.5) is 0 Å². The van der Waals surface area contributed by atoms with Gasteiger partial charge < -0.3 is 4.90 Å². The van der Waals surface area contributed by atoms with E-state index in [2.05, 4.69) is 38.4 Å². The van der Waals surface area contributed by atoms with Crippen molar-refractivity contribution in [1.29, 1.82) is 0 Å². The molecule has 0 aromatic heterocycles. The molecule has 0 radical (unpaired) electrons. The molecule has 1 aliphatic heterocycles. The number of rotatable bonds is 4. The summed E-state index contributed by atoms with van der Waals surface area (Å²) >= 11 is 3.33. The van der Waals surface area contributed by atoms with Crippen LogP contribution in [0.5, 0.6) is 0 Å². The molecule has 15 heavy (non-hydrogen) atoms. The number of carbonyl (C=O) groups excluding carboxylic acids is 1. The summed E-state index contributed by atoms with van der Waals surface area (Å²) in [5.74, 6) is 0. The number of thiol groups is 1. The van der Waals surface area contributed by atoms with Gasteiger partial charge in [0.25, 0.3) is 0 Å². The summed E-state index contributed by atoms with van der Waals surface area (Å²) in [7, 11) is 2.23. The predicted molar refractivity (Wildman–Crippen MR) is 69.4 cm³/mol. The molecule has 1 heterocycles. The van der Waals surface area contributed by atoms with Gasteiger partial charge in [0.15, 0.2) is 5.12 Å². The first-order valence-corrected chi connectivity index (χ1v) is 6.28. The van der Waals surface area contributed by atoms with Gasteiger partial charge in [0.05, 0.1) is 0 Å². The van der Waals surface area contributed by atoms with Crippen LogP contribution in [-0.4, -0.2) is 30.2 Å². The van der Waals surface area contributed by atoms with E-state index in [1.54, 1.807) is 0 Å². The van der Waals surface area contributed by atoms with Crippen LogP contribution >= 0.6 is 12.6 Å². The van der Waals surface area contributed by atoms with E-state index in [9.17, 15) is 4.79 Å². The molecule has 0 amide bonds. The highest BCUT2D eigenvalue weighted by atomic mass is 32.1. The highest BCUT2D eigenvalue weighted by Gasteiger charge is 2.38. The molecule has 1 aliphatic rings. The van der Waals surface area contributed by atoms with Crippen molar-refractivity contribution in [2.45, 2.75) is 46.5 Å². The van der Waals surface area contributed by atoms with Gasteiger partial charge in [-0.05, 0) is 25.3 Å². The summed E-state index contributed by atoms with van der Waals surface area (Å²) in [4.78, 5) is 11.7. The Morgan fingerprint density at radius 2 is 1.60 bits per heavy atom. The fourth-order valence-electron chi connectivity index (χ4n) is 2.60. The van der Waals surface area contributed by atoms with Crippen molar-refractivity contribution < 1.29 is 4.79 Å². The Balaban J connectivity index is 0.000000423. The fourth-order valence-corrected chi connectivity index (χ4v) is 2.60. The van der Waals surface area contributed by atoms with Crippen molar-refractivity contribution in [2.75, 3.05) is 20.1 Å². The minimum atomic E-state index is -0.139. The Kier molecular flexibility index (Phi) is 7.28. The van der Waals surface area contributed by atoms with Crippen LogP contribution in [0, 0.1) is 5.41 Å². The Morgan fingerprint density at radius 3 is 1.80 bits per heavy atom. The van der Waals surface area contributed by atoms with Gasteiger partial charge in [-0.15, -0.1) is 12.6 Å². The molecule has 0 saturated carbocycles. The first-order chi connectivity index (χ1) is 6.95. The van der Waals surface area contributed by atoms with Crippen LogP contribution in [0.1, 0.15) is 46.5 Å². The molecule has 0 unspecified atom stereocenters. The quantitative estimate of drug-likeness (QED) is 0.751. The standard InChI is InChI=1S/C10H21N.C2H4OS/c1-4-6-10(7-5-2)8-11(3)9-10;1-2(3)4/h4-9H2,1-3H3;1H3,(H,3,4). The molecule has 0 aromatic rings. The molecule has 1 rings (SSSR count). The maximum Gasteiger partial charge on any atom is 0.182 e. The number of nitrogens with zero attached hydrogens (tertiary/aromatic N) is 1. The van der Waals surface area contributed by atoms with E-state index in [1.165, 1.54) is 45.7 Å². The fraction of sp³-hybridized carbons (Fsp3) is 0.917. The first kappa shape index (κ1) is 15.0. The molecular weight excluding hydrogens is 206 g/mol. The maximum atomic E-state index is 9.31. The molecule has 1 saturated heterocycles. The number of hydrogen-bond donors (Lipinski definition) is 1. The minimum Gasteiger partial charge on any atom is -0.305 e. The first-order valence-electron chi connectivity index (χ1n) is 5.84. The lowest BCUT2D eigenvalue weighted by Gasteiger charge is -2.49. The predicted octanol–water partition coefficient (Wildman–Crippen LogP) is 2.98. The van der Waals surface area contributed by atoms with E-state index < -0.39 is 0 Å². The molecule has 2 nitrogen and oxygen atoms in total. The Labute approximate surface area is 99.8 Å². The summed E-state index contributed by atoms with van der Waals surface area (Å²) in [6.07, 6.45) is 5.58. The van der Waals surface area contributed by atoms with Gasteiger partial charge in [-0.25, -0.2) is 0 Å². The zero-order chi connectivity index (χ0) is 11.9. The van der Waals surface area contributed by atoms with E-state index >= 15 is 0 Å². The average molecular weight is 231 g/mol. The molecule has 0 bridgehead atoms. The minimum absolute atomic E-state index is 0.139. The van der Waals surface area contributed by atoms with Gasteiger partial charge in [-0.1, -0.05) is 26.7 Å². The number of hydrogen-bond acceptors (Lipinski definition) is 2. The molecule has 0 N–H and O–H groups in total. The maximum absolute atomic E-state index is 9.31. The van der Waals surface area contributed by atoms with Crippen molar-refractivity contribution in [3.05, 3.63) is 0 Å². The van der Waals surface area contributed by atoms with Crippen LogP contribution in [-0.2, 0) is 4.79 Å². The van der Waals surface area contributed by atoms with Crippen LogP contribution in [0.2, 0.25) is 0 Å². The zero-order valence-corrected chi connectivity index (χ0v) is 11.4. The van der Waals surface area contributed by atoms with E-state index in [4.69, 9.17) is 0 Å². The van der Waals surface area contributed by atoms with Gasteiger partial charge in [0, 0.05) is 20.0 Å².